The van der Waals surface area contributed by atoms with Crippen LogP contribution in [0.4, 0.5) is 0 Å². The van der Waals surface area contributed by atoms with Gasteiger partial charge in [-0.05, 0) is 31.2 Å². The summed E-state index contributed by atoms with van der Waals surface area (Å²) in [4.78, 5) is 0. The van der Waals surface area contributed by atoms with Crippen LogP contribution in [0.1, 0.15) is 77.2 Å². The van der Waals surface area contributed by atoms with Crippen LogP contribution in [-0.2, 0) is 5.41 Å². The van der Waals surface area contributed by atoms with Gasteiger partial charge in [0.15, 0.2) is 0 Å². The Morgan fingerprint density at radius 1 is 1.00 bits per heavy atom. The summed E-state index contributed by atoms with van der Waals surface area (Å²) in [6.07, 6.45) is 12.2. The Hall–Kier alpha value is -0.820. The molecule has 1 N–H and O–H groups in total. The maximum absolute atomic E-state index is 3.80. The smallest absolute Gasteiger partial charge is 0.00752 e. The molecule has 1 aromatic carbocycles. The fourth-order valence-corrected chi connectivity index (χ4v) is 3.33. The third-order valence-electron chi connectivity index (χ3n) is 5.13. The van der Waals surface area contributed by atoms with Crippen LogP contribution in [0.3, 0.4) is 0 Å². The molecule has 1 aliphatic carbocycles. The number of rotatable bonds is 11. The van der Waals surface area contributed by atoms with Crippen LogP contribution in [0.25, 0.3) is 0 Å². The molecule has 1 saturated carbocycles. The van der Waals surface area contributed by atoms with E-state index in [-0.39, 0.29) is 0 Å². The molecule has 1 aromatic rings. The van der Waals surface area contributed by atoms with Gasteiger partial charge in [-0.3, -0.25) is 0 Å². The monoisotopic (exact) mass is 287 g/mol. The Kier molecular flexibility index (Phi) is 6.76. The highest BCUT2D eigenvalue weighted by Gasteiger charge is 2.32. The van der Waals surface area contributed by atoms with Gasteiger partial charge in [0.05, 0.1) is 0 Å². The quantitative estimate of drug-likeness (QED) is 0.534. The maximum Gasteiger partial charge on any atom is 0.00752 e. The lowest BCUT2D eigenvalue weighted by Crippen LogP contribution is -2.38. The molecule has 1 unspecified atom stereocenters. The van der Waals surface area contributed by atoms with Crippen molar-refractivity contribution in [3.8, 4) is 0 Å². The van der Waals surface area contributed by atoms with Crippen molar-refractivity contribution in [2.45, 2.75) is 83.1 Å². The molecule has 118 valence electrons. The van der Waals surface area contributed by atoms with Crippen LogP contribution in [0, 0.1) is 0 Å². The van der Waals surface area contributed by atoms with Gasteiger partial charge < -0.3 is 5.32 Å². The van der Waals surface area contributed by atoms with Crippen molar-refractivity contribution in [2.24, 2.45) is 0 Å². The molecule has 0 saturated heterocycles. The zero-order valence-electron chi connectivity index (χ0n) is 14.0. The normalized spacial score (nSPS) is 17.6. The number of unbranched alkanes of at least 4 members (excludes halogenated alkanes) is 4. The summed E-state index contributed by atoms with van der Waals surface area (Å²) in [7, 11) is 0. The second kappa shape index (κ2) is 8.58. The molecule has 0 heterocycles. The lowest BCUT2D eigenvalue weighted by molar-refractivity contribution is 0.338. The Morgan fingerprint density at radius 2 is 1.71 bits per heavy atom. The molecule has 21 heavy (non-hydrogen) atoms. The zero-order chi connectivity index (χ0) is 15.0. The SMILES string of the molecule is CCCCCCCC(CC)(CNC1CC1)c1ccccc1. The fraction of sp³-hybridized carbons (Fsp3) is 0.700. The van der Waals surface area contributed by atoms with Crippen molar-refractivity contribution in [1.82, 2.24) is 5.32 Å². The summed E-state index contributed by atoms with van der Waals surface area (Å²) >= 11 is 0. The molecule has 0 bridgehead atoms. The average molecular weight is 287 g/mol. The molecule has 1 atom stereocenters. The minimum atomic E-state index is 0.343. The Balaban J connectivity index is 1.96. The van der Waals surface area contributed by atoms with Crippen molar-refractivity contribution in [3.63, 3.8) is 0 Å². The van der Waals surface area contributed by atoms with E-state index in [0.717, 1.165) is 12.6 Å². The van der Waals surface area contributed by atoms with Crippen molar-refractivity contribution in [2.75, 3.05) is 6.54 Å². The van der Waals surface area contributed by atoms with Gasteiger partial charge in [0.1, 0.15) is 0 Å². The summed E-state index contributed by atoms with van der Waals surface area (Å²) < 4.78 is 0. The highest BCUT2D eigenvalue weighted by Crippen LogP contribution is 2.34. The van der Waals surface area contributed by atoms with Gasteiger partial charge in [-0.2, -0.15) is 0 Å². The predicted octanol–water partition coefficient (Wildman–Crippen LogP) is 5.45. The molecule has 0 spiro atoms. The first kappa shape index (κ1) is 16.5. The van der Waals surface area contributed by atoms with Crippen molar-refractivity contribution >= 4 is 0 Å². The van der Waals surface area contributed by atoms with E-state index in [1.165, 1.54) is 63.4 Å². The number of hydrogen-bond donors (Lipinski definition) is 1. The summed E-state index contributed by atoms with van der Waals surface area (Å²) in [5.74, 6) is 0. The van der Waals surface area contributed by atoms with Gasteiger partial charge in [0.2, 0.25) is 0 Å². The molecule has 0 aliphatic heterocycles. The number of nitrogens with one attached hydrogen (secondary N) is 1. The van der Waals surface area contributed by atoms with Crippen LogP contribution in [0.2, 0.25) is 0 Å². The lowest BCUT2D eigenvalue weighted by Gasteiger charge is -2.34. The molecule has 0 radical (unpaired) electrons. The Morgan fingerprint density at radius 3 is 2.33 bits per heavy atom. The average Bonchev–Trinajstić information content (AvgIpc) is 3.36. The summed E-state index contributed by atoms with van der Waals surface area (Å²) in [6, 6.07) is 12.0. The van der Waals surface area contributed by atoms with E-state index in [2.05, 4.69) is 49.5 Å². The highest BCUT2D eigenvalue weighted by molar-refractivity contribution is 5.26. The fourth-order valence-electron chi connectivity index (χ4n) is 3.33. The lowest BCUT2D eigenvalue weighted by atomic mass is 9.74. The minimum Gasteiger partial charge on any atom is -0.313 e. The first-order chi connectivity index (χ1) is 10.3. The second-order valence-electron chi connectivity index (χ2n) is 6.82. The van der Waals surface area contributed by atoms with Crippen LogP contribution in [0.5, 0.6) is 0 Å². The zero-order valence-corrected chi connectivity index (χ0v) is 14.0. The standard InChI is InChI=1S/C20H33N/c1-3-5-6-7-11-16-20(4-2,17-21-19-14-15-19)18-12-9-8-10-13-18/h8-10,12-13,19,21H,3-7,11,14-17H2,1-2H3. The Labute approximate surface area is 131 Å². The van der Waals surface area contributed by atoms with Crippen molar-refractivity contribution in [3.05, 3.63) is 35.9 Å². The molecule has 2 rings (SSSR count). The van der Waals surface area contributed by atoms with Crippen LogP contribution < -0.4 is 5.32 Å². The second-order valence-corrected chi connectivity index (χ2v) is 6.82. The van der Waals surface area contributed by atoms with Crippen LogP contribution in [-0.4, -0.2) is 12.6 Å². The molecule has 0 amide bonds. The van der Waals surface area contributed by atoms with Crippen LogP contribution >= 0.6 is 0 Å². The summed E-state index contributed by atoms with van der Waals surface area (Å²) in [6.45, 7) is 5.82. The third-order valence-corrected chi connectivity index (χ3v) is 5.13. The molecule has 1 aliphatic rings. The highest BCUT2D eigenvalue weighted by atomic mass is 15.0. The van der Waals surface area contributed by atoms with Gasteiger partial charge in [-0.1, -0.05) is 76.3 Å². The van der Waals surface area contributed by atoms with Gasteiger partial charge in [-0.15, -0.1) is 0 Å². The molecular weight excluding hydrogens is 254 g/mol. The first-order valence-corrected chi connectivity index (χ1v) is 9.09. The van der Waals surface area contributed by atoms with Gasteiger partial charge in [-0.25, -0.2) is 0 Å². The predicted molar refractivity (Wildman–Crippen MR) is 92.8 cm³/mol. The molecule has 0 aromatic heterocycles. The van der Waals surface area contributed by atoms with E-state index >= 15 is 0 Å². The van der Waals surface area contributed by atoms with E-state index < -0.39 is 0 Å². The molecule has 1 fully saturated rings. The van der Waals surface area contributed by atoms with Gasteiger partial charge in [0.25, 0.3) is 0 Å². The Bertz CT molecular complexity index is 382. The van der Waals surface area contributed by atoms with Crippen LogP contribution in [0.15, 0.2) is 30.3 Å². The summed E-state index contributed by atoms with van der Waals surface area (Å²) in [5, 5.41) is 3.80. The number of benzene rings is 1. The van der Waals surface area contributed by atoms with E-state index in [9.17, 15) is 0 Å². The minimum absolute atomic E-state index is 0.343. The van der Waals surface area contributed by atoms with E-state index in [1.54, 1.807) is 0 Å². The molecule has 1 heteroatoms. The van der Waals surface area contributed by atoms with Crippen molar-refractivity contribution < 1.29 is 0 Å². The van der Waals surface area contributed by atoms with E-state index in [4.69, 9.17) is 0 Å². The van der Waals surface area contributed by atoms with Crippen molar-refractivity contribution in [1.29, 1.82) is 0 Å². The molecule has 1 nitrogen and oxygen atoms in total. The first-order valence-electron chi connectivity index (χ1n) is 9.09. The third kappa shape index (κ3) is 5.14. The molecular formula is C20H33N. The largest absolute Gasteiger partial charge is 0.313 e. The van der Waals surface area contributed by atoms with Gasteiger partial charge >= 0.3 is 0 Å². The summed E-state index contributed by atoms with van der Waals surface area (Å²) in [5.41, 5.74) is 1.88. The van der Waals surface area contributed by atoms with E-state index in [0.29, 0.717) is 5.41 Å². The topological polar surface area (TPSA) is 12.0 Å². The number of hydrogen-bond acceptors (Lipinski definition) is 1. The van der Waals surface area contributed by atoms with Gasteiger partial charge in [0, 0.05) is 18.0 Å². The van der Waals surface area contributed by atoms with E-state index in [1.807, 2.05) is 0 Å². The maximum atomic E-state index is 3.80.